The van der Waals surface area contributed by atoms with Gasteiger partial charge in [-0.25, -0.2) is 4.98 Å². The lowest BCUT2D eigenvalue weighted by molar-refractivity contribution is -0.0650. The Morgan fingerprint density at radius 2 is 1.71 bits per heavy atom. The van der Waals surface area contributed by atoms with Gasteiger partial charge in [-0.15, -0.1) is 12.4 Å². The molecule has 9 heteroatoms. The molecule has 1 saturated heterocycles. The van der Waals surface area contributed by atoms with Crippen molar-refractivity contribution in [3.8, 4) is 11.5 Å². The summed E-state index contributed by atoms with van der Waals surface area (Å²) in [6.07, 6.45) is 1.83. The fourth-order valence-corrected chi connectivity index (χ4v) is 4.14. The van der Waals surface area contributed by atoms with Gasteiger partial charge in [0.15, 0.2) is 11.5 Å². The molecule has 0 bridgehead atoms. The Balaban J connectivity index is 0.00000324. The number of aromatic nitrogens is 2. The summed E-state index contributed by atoms with van der Waals surface area (Å²) in [7, 11) is 3.20. The van der Waals surface area contributed by atoms with Gasteiger partial charge in [-0.1, -0.05) is 30.3 Å². The first-order chi connectivity index (χ1) is 16.1. The van der Waals surface area contributed by atoms with Crippen molar-refractivity contribution in [2.45, 2.75) is 32.0 Å². The first-order valence-electron chi connectivity index (χ1n) is 11.3. The SMILES string of the molecule is CCOCC(OC1CCN(c2nc(N)c3cc(OC)c(OC)cc3n2)CC1)c1ccccc1.Cl. The second-order valence-electron chi connectivity index (χ2n) is 8.01. The van der Waals surface area contributed by atoms with Crippen LogP contribution in [0.25, 0.3) is 10.9 Å². The monoisotopic (exact) mass is 488 g/mol. The van der Waals surface area contributed by atoms with Crippen molar-refractivity contribution >= 4 is 35.1 Å². The van der Waals surface area contributed by atoms with Crippen LogP contribution in [-0.2, 0) is 9.47 Å². The zero-order chi connectivity index (χ0) is 23.2. The molecule has 1 fully saturated rings. The molecular weight excluding hydrogens is 456 g/mol. The minimum Gasteiger partial charge on any atom is -0.493 e. The van der Waals surface area contributed by atoms with Crippen LogP contribution in [-0.4, -0.2) is 56.6 Å². The standard InChI is InChI=1S/C25H32N4O4.ClH/c1-4-32-16-23(17-8-6-5-7-9-17)33-18-10-12-29(13-11-18)25-27-20-15-22(31-3)21(30-2)14-19(20)24(26)28-25;/h5-9,14-15,18,23H,4,10-13,16H2,1-3H3,(H2,26,27,28);1H. The maximum atomic E-state index is 6.47. The summed E-state index contributed by atoms with van der Waals surface area (Å²) >= 11 is 0. The number of hydrogen-bond acceptors (Lipinski definition) is 8. The molecule has 4 rings (SSSR count). The van der Waals surface area contributed by atoms with E-state index in [0.29, 0.717) is 36.5 Å². The molecule has 1 aliphatic heterocycles. The van der Waals surface area contributed by atoms with Gasteiger partial charge in [0.2, 0.25) is 5.95 Å². The van der Waals surface area contributed by atoms with E-state index in [0.717, 1.165) is 42.4 Å². The van der Waals surface area contributed by atoms with Crippen LogP contribution in [0.5, 0.6) is 11.5 Å². The van der Waals surface area contributed by atoms with Crippen molar-refractivity contribution in [2.75, 3.05) is 51.2 Å². The Kier molecular flexibility index (Phi) is 9.15. The number of nitrogens with zero attached hydrogens (tertiary/aromatic N) is 3. The second-order valence-corrected chi connectivity index (χ2v) is 8.01. The molecule has 1 aliphatic rings. The molecule has 0 radical (unpaired) electrons. The van der Waals surface area contributed by atoms with Crippen LogP contribution in [0, 0.1) is 0 Å². The quantitative estimate of drug-likeness (QED) is 0.473. The normalized spacial score (nSPS) is 15.1. The van der Waals surface area contributed by atoms with Crippen LogP contribution < -0.4 is 20.1 Å². The van der Waals surface area contributed by atoms with E-state index in [1.165, 1.54) is 0 Å². The van der Waals surface area contributed by atoms with Crippen molar-refractivity contribution < 1.29 is 18.9 Å². The zero-order valence-electron chi connectivity index (χ0n) is 19.9. The number of halogens is 1. The highest BCUT2D eigenvalue weighted by atomic mass is 35.5. The van der Waals surface area contributed by atoms with Crippen molar-refractivity contribution in [3.63, 3.8) is 0 Å². The molecule has 34 heavy (non-hydrogen) atoms. The predicted molar refractivity (Wildman–Crippen MR) is 136 cm³/mol. The number of hydrogen-bond donors (Lipinski definition) is 1. The average molecular weight is 489 g/mol. The summed E-state index contributed by atoms with van der Waals surface area (Å²) in [5.41, 5.74) is 8.14. The minimum absolute atomic E-state index is 0. The summed E-state index contributed by atoms with van der Waals surface area (Å²) in [6.45, 7) is 4.80. The van der Waals surface area contributed by atoms with Gasteiger partial charge in [-0.3, -0.25) is 0 Å². The van der Waals surface area contributed by atoms with Gasteiger partial charge < -0.3 is 29.6 Å². The predicted octanol–water partition coefficient (Wildman–Crippen LogP) is 4.41. The number of methoxy groups -OCH3 is 2. The first-order valence-corrected chi connectivity index (χ1v) is 11.3. The molecule has 184 valence electrons. The number of rotatable bonds is 9. The van der Waals surface area contributed by atoms with E-state index in [9.17, 15) is 0 Å². The van der Waals surface area contributed by atoms with Gasteiger partial charge in [0.25, 0.3) is 0 Å². The van der Waals surface area contributed by atoms with E-state index in [1.54, 1.807) is 14.2 Å². The van der Waals surface area contributed by atoms with E-state index in [1.807, 2.05) is 37.3 Å². The molecule has 0 spiro atoms. The Hall–Kier alpha value is -2.81. The fourth-order valence-electron chi connectivity index (χ4n) is 4.14. The first kappa shape index (κ1) is 25.8. The van der Waals surface area contributed by atoms with E-state index >= 15 is 0 Å². The van der Waals surface area contributed by atoms with Crippen LogP contribution >= 0.6 is 12.4 Å². The lowest BCUT2D eigenvalue weighted by atomic mass is 10.1. The number of anilines is 2. The maximum Gasteiger partial charge on any atom is 0.227 e. The number of nitrogens with two attached hydrogens (primary N) is 1. The summed E-state index contributed by atoms with van der Waals surface area (Å²) in [4.78, 5) is 11.5. The van der Waals surface area contributed by atoms with Gasteiger partial charge in [0.1, 0.15) is 11.9 Å². The Labute approximate surface area is 206 Å². The molecule has 1 atom stereocenters. The van der Waals surface area contributed by atoms with Crippen LogP contribution in [0.15, 0.2) is 42.5 Å². The third kappa shape index (κ3) is 5.81. The van der Waals surface area contributed by atoms with E-state index < -0.39 is 0 Å². The summed E-state index contributed by atoms with van der Waals surface area (Å²) < 4.78 is 22.9. The number of fused-ring (bicyclic) bond motifs is 1. The zero-order valence-corrected chi connectivity index (χ0v) is 20.7. The van der Waals surface area contributed by atoms with Crippen molar-refractivity contribution in [2.24, 2.45) is 0 Å². The molecule has 3 aromatic rings. The summed E-state index contributed by atoms with van der Waals surface area (Å²) in [6, 6.07) is 13.9. The van der Waals surface area contributed by atoms with Crippen molar-refractivity contribution in [1.29, 1.82) is 0 Å². The Bertz CT molecular complexity index is 1060. The van der Waals surface area contributed by atoms with Gasteiger partial charge >= 0.3 is 0 Å². The molecule has 1 unspecified atom stereocenters. The highest BCUT2D eigenvalue weighted by Gasteiger charge is 2.26. The smallest absolute Gasteiger partial charge is 0.227 e. The number of piperidine rings is 1. The summed E-state index contributed by atoms with van der Waals surface area (Å²) in [5, 5.41) is 0.747. The largest absolute Gasteiger partial charge is 0.493 e. The van der Waals surface area contributed by atoms with Crippen molar-refractivity contribution in [1.82, 2.24) is 9.97 Å². The molecular formula is C25H33ClN4O4. The maximum absolute atomic E-state index is 6.47. The van der Waals surface area contributed by atoms with Gasteiger partial charge in [-0.05, 0) is 31.4 Å². The Morgan fingerprint density at radius 3 is 2.35 bits per heavy atom. The molecule has 8 nitrogen and oxygen atoms in total. The highest BCUT2D eigenvalue weighted by Crippen LogP contribution is 2.34. The minimum atomic E-state index is -0.0716. The molecule has 0 amide bonds. The molecule has 0 saturated carbocycles. The summed E-state index contributed by atoms with van der Waals surface area (Å²) in [5.74, 6) is 2.27. The van der Waals surface area contributed by atoms with Crippen LogP contribution in [0.4, 0.5) is 11.8 Å². The lowest BCUT2D eigenvalue weighted by Crippen LogP contribution is -2.39. The van der Waals surface area contributed by atoms with Gasteiger partial charge in [0, 0.05) is 31.1 Å². The molecule has 2 heterocycles. The van der Waals surface area contributed by atoms with E-state index in [4.69, 9.17) is 29.7 Å². The Morgan fingerprint density at radius 1 is 1.03 bits per heavy atom. The number of ether oxygens (including phenoxy) is 4. The van der Waals surface area contributed by atoms with Gasteiger partial charge in [-0.2, -0.15) is 4.98 Å². The third-order valence-electron chi connectivity index (χ3n) is 5.94. The second kappa shape index (κ2) is 12.1. The highest BCUT2D eigenvalue weighted by molar-refractivity contribution is 5.91. The number of benzene rings is 2. The van der Waals surface area contributed by atoms with E-state index in [2.05, 4.69) is 22.0 Å². The van der Waals surface area contributed by atoms with Crippen molar-refractivity contribution in [3.05, 3.63) is 48.0 Å². The van der Waals surface area contributed by atoms with E-state index in [-0.39, 0.29) is 24.6 Å². The lowest BCUT2D eigenvalue weighted by Gasteiger charge is -2.34. The van der Waals surface area contributed by atoms with Crippen LogP contribution in [0.1, 0.15) is 31.4 Å². The topological polar surface area (TPSA) is 92.0 Å². The van der Waals surface area contributed by atoms with Crippen LogP contribution in [0.3, 0.4) is 0 Å². The van der Waals surface area contributed by atoms with Crippen LogP contribution in [0.2, 0.25) is 0 Å². The molecule has 2 aromatic carbocycles. The molecule has 1 aromatic heterocycles. The molecule has 2 N–H and O–H groups in total. The number of nitrogen functional groups attached to an aromatic ring is 1. The fraction of sp³-hybridized carbons (Fsp3) is 0.440. The molecule has 0 aliphatic carbocycles. The van der Waals surface area contributed by atoms with Gasteiger partial charge in [0.05, 0.1) is 32.4 Å². The third-order valence-corrected chi connectivity index (χ3v) is 5.94. The average Bonchev–Trinajstić information content (AvgIpc) is 2.86.